The first kappa shape index (κ1) is 16.4. The normalized spacial score (nSPS) is 12.4. The number of hydrogen-bond acceptors (Lipinski definition) is 3. The molecule has 0 amide bonds. The smallest absolute Gasteiger partial charge is 0.307 e. The Morgan fingerprint density at radius 1 is 1.45 bits per heavy atom. The van der Waals surface area contributed by atoms with Crippen LogP contribution in [0.15, 0.2) is 18.2 Å². The Balaban J connectivity index is 2.50. The minimum absolute atomic E-state index is 0.206. The lowest BCUT2D eigenvalue weighted by atomic mass is 9.97. The van der Waals surface area contributed by atoms with E-state index >= 15 is 0 Å². The Labute approximate surface area is 119 Å². The molecule has 0 heterocycles. The summed E-state index contributed by atoms with van der Waals surface area (Å²) in [5.74, 6) is -1.10. The summed E-state index contributed by atoms with van der Waals surface area (Å²) >= 11 is 0. The van der Waals surface area contributed by atoms with Crippen molar-refractivity contribution in [2.24, 2.45) is 11.8 Å². The third-order valence-electron chi connectivity index (χ3n) is 3.04. The lowest BCUT2D eigenvalue weighted by Crippen LogP contribution is -2.29. The molecule has 0 bridgehead atoms. The van der Waals surface area contributed by atoms with Crippen molar-refractivity contribution in [1.82, 2.24) is 5.32 Å². The summed E-state index contributed by atoms with van der Waals surface area (Å²) in [6, 6.07) is 4.71. The summed E-state index contributed by atoms with van der Waals surface area (Å²) < 4.78 is 18.3. The van der Waals surface area contributed by atoms with E-state index in [1.54, 1.807) is 12.1 Å². The minimum atomic E-state index is -0.799. The fraction of sp³-hybridized carbons (Fsp3) is 0.533. The second-order valence-electron chi connectivity index (χ2n) is 5.26. The molecule has 4 nitrogen and oxygen atoms in total. The van der Waals surface area contributed by atoms with Gasteiger partial charge in [-0.05, 0) is 30.0 Å². The van der Waals surface area contributed by atoms with Gasteiger partial charge in [-0.15, -0.1) is 0 Å². The average Bonchev–Trinajstić information content (AvgIpc) is 2.37. The van der Waals surface area contributed by atoms with Crippen LogP contribution >= 0.6 is 0 Å². The molecule has 0 spiro atoms. The lowest BCUT2D eigenvalue weighted by molar-refractivity contribution is -0.142. The molecule has 1 rings (SSSR count). The summed E-state index contributed by atoms with van der Waals surface area (Å²) in [6.07, 6.45) is 0.624. The molecule has 0 radical (unpaired) electrons. The molecule has 2 N–H and O–H groups in total. The van der Waals surface area contributed by atoms with Gasteiger partial charge in [-0.3, -0.25) is 4.79 Å². The summed E-state index contributed by atoms with van der Waals surface area (Å²) in [7, 11) is 1.42. The molecule has 1 aromatic rings. The second-order valence-corrected chi connectivity index (χ2v) is 5.26. The van der Waals surface area contributed by atoms with Crippen molar-refractivity contribution in [2.75, 3.05) is 13.7 Å². The molecule has 0 fully saturated rings. The van der Waals surface area contributed by atoms with E-state index in [4.69, 9.17) is 9.84 Å². The minimum Gasteiger partial charge on any atom is -0.494 e. The summed E-state index contributed by atoms with van der Waals surface area (Å²) in [5.41, 5.74) is 0.761. The van der Waals surface area contributed by atoms with Crippen LogP contribution in [0.25, 0.3) is 0 Å². The van der Waals surface area contributed by atoms with Gasteiger partial charge in [-0.2, -0.15) is 0 Å². The van der Waals surface area contributed by atoms with Crippen molar-refractivity contribution >= 4 is 5.97 Å². The van der Waals surface area contributed by atoms with E-state index in [9.17, 15) is 9.18 Å². The number of benzene rings is 1. The highest BCUT2D eigenvalue weighted by atomic mass is 19.1. The van der Waals surface area contributed by atoms with Gasteiger partial charge in [-0.1, -0.05) is 19.9 Å². The number of ether oxygens (including phenoxy) is 1. The van der Waals surface area contributed by atoms with Crippen LogP contribution < -0.4 is 10.1 Å². The zero-order valence-electron chi connectivity index (χ0n) is 12.1. The lowest BCUT2D eigenvalue weighted by Gasteiger charge is -2.15. The molecule has 5 heteroatoms. The van der Waals surface area contributed by atoms with E-state index in [2.05, 4.69) is 5.32 Å². The summed E-state index contributed by atoms with van der Waals surface area (Å²) in [5, 5.41) is 12.2. The number of hydrogen-bond donors (Lipinski definition) is 2. The Bertz CT molecular complexity index is 449. The van der Waals surface area contributed by atoms with E-state index in [-0.39, 0.29) is 5.75 Å². The predicted molar refractivity (Wildman–Crippen MR) is 75.2 cm³/mol. The van der Waals surface area contributed by atoms with Crippen LogP contribution in [-0.4, -0.2) is 24.7 Å². The number of carbonyl (C=O) groups is 1. The number of aliphatic carboxylic acids is 1. The molecule has 1 unspecified atom stereocenters. The van der Waals surface area contributed by atoms with Crippen LogP contribution in [0.2, 0.25) is 0 Å². The van der Waals surface area contributed by atoms with Crippen molar-refractivity contribution in [1.29, 1.82) is 0 Å². The van der Waals surface area contributed by atoms with Gasteiger partial charge in [0, 0.05) is 13.1 Å². The predicted octanol–water partition coefficient (Wildman–Crippen LogP) is 2.67. The Hall–Kier alpha value is -1.62. The van der Waals surface area contributed by atoms with Crippen molar-refractivity contribution in [2.45, 2.75) is 26.8 Å². The quantitative estimate of drug-likeness (QED) is 0.770. The van der Waals surface area contributed by atoms with Gasteiger partial charge in [0.1, 0.15) is 0 Å². The van der Waals surface area contributed by atoms with Gasteiger partial charge in [0.25, 0.3) is 0 Å². The van der Waals surface area contributed by atoms with Gasteiger partial charge in [0.05, 0.1) is 13.0 Å². The maximum Gasteiger partial charge on any atom is 0.307 e. The van der Waals surface area contributed by atoms with Gasteiger partial charge in [0.15, 0.2) is 11.6 Å². The number of methoxy groups -OCH3 is 1. The SMILES string of the molecule is COc1ccc(CNCC(CC(C)C)C(=O)O)cc1F. The molecule has 0 aliphatic carbocycles. The molecule has 0 saturated carbocycles. The Morgan fingerprint density at radius 2 is 2.15 bits per heavy atom. The fourth-order valence-corrected chi connectivity index (χ4v) is 2.05. The highest BCUT2D eigenvalue weighted by Crippen LogP contribution is 2.17. The molecule has 1 atom stereocenters. The maximum atomic E-state index is 13.5. The average molecular weight is 283 g/mol. The maximum absolute atomic E-state index is 13.5. The van der Waals surface area contributed by atoms with Crippen LogP contribution in [0, 0.1) is 17.7 Å². The zero-order valence-corrected chi connectivity index (χ0v) is 12.1. The zero-order chi connectivity index (χ0) is 15.1. The van der Waals surface area contributed by atoms with E-state index in [1.165, 1.54) is 13.2 Å². The fourth-order valence-electron chi connectivity index (χ4n) is 2.05. The van der Waals surface area contributed by atoms with E-state index < -0.39 is 17.7 Å². The van der Waals surface area contributed by atoms with Crippen LogP contribution in [0.5, 0.6) is 5.75 Å². The van der Waals surface area contributed by atoms with Gasteiger partial charge in [0.2, 0.25) is 0 Å². The third-order valence-corrected chi connectivity index (χ3v) is 3.04. The number of halogens is 1. The first-order valence-corrected chi connectivity index (χ1v) is 6.70. The van der Waals surface area contributed by atoms with Crippen molar-refractivity contribution in [3.63, 3.8) is 0 Å². The van der Waals surface area contributed by atoms with Crippen LogP contribution in [0.1, 0.15) is 25.8 Å². The molecule has 20 heavy (non-hydrogen) atoms. The summed E-state index contributed by atoms with van der Waals surface area (Å²) in [4.78, 5) is 11.1. The topological polar surface area (TPSA) is 58.6 Å². The van der Waals surface area contributed by atoms with E-state index in [1.807, 2.05) is 13.8 Å². The molecular formula is C15H22FNO3. The first-order valence-electron chi connectivity index (χ1n) is 6.70. The monoisotopic (exact) mass is 283 g/mol. The van der Waals surface area contributed by atoms with E-state index in [0.29, 0.717) is 25.4 Å². The van der Waals surface area contributed by atoms with Crippen molar-refractivity contribution in [3.05, 3.63) is 29.6 Å². The number of rotatable bonds is 8. The molecule has 112 valence electrons. The first-order chi connectivity index (χ1) is 9.43. The Morgan fingerprint density at radius 3 is 2.65 bits per heavy atom. The molecule has 1 aromatic carbocycles. The second kappa shape index (κ2) is 7.85. The third kappa shape index (κ3) is 5.17. The number of nitrogens with one attached hydrogen (secondary N) is 1. The highest BCUT2D eigenvalue weighted by molar-refractivity contribution is 5.70. The highest BCUT2D eigenvalue weighted by Gasteiger charge is 2.18. The van der Waals surface area contributed by atoms with E-state index in [0.717, 1.165) is 5.56 Å². The number of carboxylic acids is 1. The standard InChI is InChI=1S/C15H22FNO3/c1-10(2)6-12(15(18)19)9-17-8-11-4-5-14(20-3)13(16)7-11/h4-5,7,10,12,17H,6,8-9H2,1-3H3,(H,18,19). The molecule has 0 aromatic heterocycles. The van der Waals surface area contributed by atoms with Crippen LogP contribution in [-0.2, 0) is 11.3 Å². The molecular weight excluding hydrogens is 261 g/mol. The number of carboxylic acid groups (broad SMARTS) is 1. The van der Waals surface area contributed by atoms with Gasteiger partial charge >= 0.3 is 5.97 Å². The molecule has 0 aliphatic rings. The summed E-state index contributed by atoms with van der Waals surface area (Å²) in [6.45, 7) is 4.80. The van der Waals surface area contributed by atoms with Gasteiger partial charge < -0.3 is 15.2 Å². The Kier molecular flexibility index (Phi) is 6.45. The van der Waals surface area contributed by atoms with Gasteiger partial charge in [-0.25, -0.2) is 4.39 Å². The van der Waals surface area contributed by atoms with Crippen LogP contribution in [0.3, 0.4) is 0 Å². The molecule has 0 aliphatic heterocycles. The molecule has 0 saturated heterocycles. The van der Waals surface area contributed by atoms with Crippen molar-refractivity contribution in [3.8, 4) is 5.75 Å². The van der Waals surface area contributed by atoms with Crippen molar-refractivity contribution < 1.29 is 19.0 Å². The largest absolute Gasteiger partial charge is 0.494 e. The van der Waals surface area contributed by atoms with Crippen LogP contribution in [0.4, 0.5) is 4.39 Å².